The van der Waals surface area contributed by atoms with Crippen LogP contribution in [-0.2, 0) is 0 Å². The van der Waals surface area contributed by atoms with Gasteiger partial charge < -0.3 is 10.5 Å². The number of nitrogens with zero attached hydrogens (tertiary/aromatic N) is 2. The number of nitrogens with two attached hydrogens (primary N) is 1. The van der Waals surface area contributed by atoms with Gasteiger partial charge in [-0.2, -0.15) is 0 Å². The Hall–Kier alpha value is -2.48. The number of esters is 1. The van der Waals surface area contributed by atoms with Crippen molar-refractivity contribution in [3.05, 3.63) is 44.8 Å². The zero-order valence-electron chi connectivity index (χ0n) is 8.90. The van der Waals surface area contributed by atoms with Crippen molar-refractivity contribution in [2.75, 3.05) is 5.73 Å². The Morgan fingerprint density at radius 3 is 2.56 bits per heavy atom. The number of aromatic nitrogens is 1. The molecule has 92 valence electrons. The van der Waals surface area contributed by atoms with Gasteiger partial charge >= 0.3 is 5.97 Å². The Labute approximate surface area is 105 Å². The van der Waals surface area contributed by atoms with Gasteiger partial charge in [0.15, 0.2) is 0 Å². The summed E-state index contributed by atoms with van der Waals surface area (Å²) in [6, 6.07) is 5.18. The van der Waals surface area contributed by atoms with Crippen LogP contribution in [0.3, 0.4) is 0 Å². The fourth-order valence-corrected chi connectivity index (χ4v) is 1.75. The van der Waals surface area contributed by atoms with Crippen molar-refractivity contribution in [3.8, 4) is 5.75 Å². The highest BCUT2D eigenvalue weighted by molar-refractivity contribution is 7.12. The van der Waals surface area contributed by atoms with Gasteiger partial charge in [-0.05, 0) is 12.1 Å². The lowest BCUT2D eigenvalue weighted by Gasteiger charge is -2.00. The van der Waals surface area contributed by atoms with Crippen molar-refractivity contribution < 1.29 is 14.5 Å². The van der Waals surface area contributed by atoms with Gasteiger partial charge in [-0.3, -0.25) is 10.1 Å². The number of carbonyl (C=O) groups excluding carboxylic acids is 1. The van der Waals surface area contributed by atoms with Gasteiger partial charge in [-0.1, -0.05) is 0 Å². The molecule has 0 aliphatic carbocycles. The number of nitro groups is 1. The highest BCUT2D eigenvalue weighted by Crippen LogP contribution is 2.19. The molecule has 0 bridgehead atoms. The van der Waals surface area contributed by atoms with E-state index in [4.69, 9.17) is 10.5 Å². The number of hydrogen-bond donors (Lipinski definition) is 1. The number of nitro benzene ring substituents is 1. The van der Waals surface area contributed by atoms with E-state index in [0.717, 1.165) is 11.3 Å². The summed E-state index contributed by atoms with van der Waals surface area (Å²) in [6.45, 7) is 0. The Balaban J connectivity index is 2.10. The van der Waals surface area contributed by atoms with Crippen LogP contribution < -0.4 is 10.5 Å². The third-order valence-corrected chi connectivity index (χ3v) is 2.80. The molecule has 0 unspecified atom stereocenters. The number of carbonyl (C=O) groups is 1. The van der Waals surface area contributed by atoms with Crippen molar-refractivity contribution in [2.45, 2.75) is 0 Å². The number of thiazole rings is 1. The SMILES string of the molecule is Nc1csc(C(=O)Oc2ccc([N+](=O)[O-])cc2)n1. The molecule has 2 aromatic rings. The van der Waals surface area contributed by atoms with Crippen LogP contribution in [0.25, 0.3) is 0 Å². The van der Waals surface area contributed by atoms with Crippen LogP contribution >= 0.6 is 11.3 Å². The maximum Gasteiger partial charge on any atom is 0.372 e. The molecule has 0 spiro atoms. The van der Waals surface area contributed by atoms with Crippen LogP contribution in [0.2, 0.25) is 0 Å². The molecule has 0 aliphatic heterocycles. The maximum absolute atomic E-state index is 11.6. The monoisotopic (exact) mass is 265 g/mol. The first-order valence-electron chi connectivity index (χ1n) is 4.74. The van der Waals surface area contributed by atoms with Gasteiger partial charge in [-0.25, -0.2) is 9.78 Å². The smallest absolute Gasteiger partial charge is 0.372 e. The molecule has 2 N–H and O–H groups in total. The molecule has 18 heavy (non-hydrogen) atoms. The molecule has 7 nitrogen and oxygen atoms in total. The van der Waals surface area contributed by atoms with Gasteiger partial charge in [0.05, 0.1) is 4.92 Å². The summed E-state index contributed by atoms with van der Waals surface area (Å²) in [5, 5.41) is 12.1. The lowest BCUT2D eigenvalue weighted by atomic mass is 10.3. The second kappa shape index (κ2) is 4.80. The fourth-order valence-electron chi connectivity index (χ4n) is 1.17. The summed E-state index contributed by atoms with van der Waals surface area (Å²) >= 11 is 1.07. The van der Waals surface area contributed by atoms with E-state index in [2.05, 4.69) is 4.98 Å². The van der Waals surface area contributed by atoms with Crippen LogP contribution in [-0.4, -0.2) is 15.9 Å². The number of non-ortho nitro benzene ring substituents is 1. The second-order valence-electron chi connectivity index (χ2n) is 3.22. The lowest BCUT2D eigenvalue weighted by molar-refractivity contribution is -0.384. The predicted molar refractivity (Wildman–Crippen MR) is 64.6 cm³/mol. The first-order chi connectivity index (χ1) is 8.56. The number of anilines is 1. The molecule has 1 heterocycles. The van der Waals surface area contributed by atoms with Crippen LogP contribution in [0.5, 0.6) is 5.75 Å². The minimum absolute atomic E-state index is 0.0757. The molecule has 0 radical (unpaired) electrons. The summed E-state index contributed by atoms with van der Waals surface area (Å²) in [7, 11) is 0. The standard InChI is InChI=1S/C10H7N3O4S/c11-8-5-18-9(12-8)10(14)17-7-3-1-6(2-4-7)13(15)16/h1-5H,11H2. The Bertz CT molecular complexity index is 593. The van der Waals surface area contributed by atoms with Crippen LogP contribution in [0.15, 0.2) is 29.6 Å². The molecule has 0 saturated heterocycles. The first kappa shape index (κ1) is 12.0. The van der Waals surface area contributed by atoms with Crippen LogP contribution in [0, 0.1) is 10.1 Å². The molecule has 0 fully saturated rings. The Morgan fingerprint density at radius 2 is 2.06 bits per heavy atom. The fraction of sp³-hybridized carbons (Fsp3) is 0. The number of nitrogen functional groups attached to an aromatic ring is 1. The molecule has 0 saturated carbocycles. The van der Waals surface area contributed by atoms with E-state index in [1.165, 1.54) is 29.6 Å². The number of benzene rings is 1. The molecule has 1 aromatic carbocycles. The normalized spacial score (nSPS) is 10.0. The van der Waals surface area contributed by atoms with Crippen molar-refractivity contribution >= 4 is 28.8 Å². The summed E-state index contributed by atoms with van der Waals surface area (Å²) in [5.74, 6) is -0.194. The van der Waals surface area contributed by atoms with E-state index >= 15 is 0 Å². The molecule has 0 atom stereocenters. The summed E-state index contributed by atoms with van der Waals surface area (Å²) in [6.07, 6.45) is 0. The van der Waals surface area contributed by atoms with E-state index in [1.54, 1.807) is 0 Å². The Kier molecular flexibility index (Phi) is 3.20. The van der Waals surface area contributed by atoms with E-state index in [9.17, 15) is 14.9 Å². The summed E-state index contributed by atoms with van der Waals surface area (Å²) < 4.78 is 4.98. The first-order valence-corrected chi connectivity index (χ1v) is 5.62. The molecular weight excluding hydrogens is 258 g/mol. The van der Waals surface area contributed by atoms with Gasteiger partial charge in [0, 0.05) is 17.5 Å². The second-order valence-corrected chi connectivity index (χ2v) is 4.08. The van der Waals surface area contributed by atoms with Gasteiger partial charge in [0.2, 0.25) is 5.01 Å². The summed E-state index contributed by atoms with van der Waals surface area (Å²) in [5.41, 5.74) is 5.30. The van der Waals surface area contributed by atoms with Gasteiger partial charge in [0.1, 0.15) is 11.6 Å². The number of rotatable bonds is 3. The third kappa shape index (κ3) is 2.61. The zero-order valence-corrected chi connectivity index (χ0v) is 9.72. The highest BCUT2D eigenvalue weighted by Gasteiger charge is 2.13. The molecule has 8 heteroatoms. The van der Waals surface area contributed by atoms with Crippen LogP contribution in [0.4, 0.5) is 11.5 Å². The topological polar surface area (TPSA) is 108 Å². The van der Waals surface area contributed by atoms with Crippen LogP contribution in [0.1, 0.15) is 9.80 Å². The largest absolute Gasteiger partial charge is 0.421 e. The average Bonchev–Trinajstić information content (AvgIpc) is 2.76. The van der Waals surface area contributed by atoms with E-state index in [1.807, 2.05) is 0 Å². The highest BCUT2D eigenvalue weighted by atomic mass is 32.1. The molecule has 0 amide bonds. The minimum Gasteiger partial charge on any atom is -0.421 e. The molecule has 2 rings (SSSR count). The van der Waals surface area contributed by atoms with Crippen molar-refractivity contribution in [3.63, 3.8) is 0 Å². The molecule has 1 aromatic heterocycles. The lowest BCUT2D eigenvalue weighted by Crippen LogP contribution is -2.08. The van der Waals surface area contributed by atoms with Crippen molar-refractivity contribution in [2.24, 2.45) is 0 Å². The van der Waals surface area contributed by atoms with Crippen molar-refractivity contribution in [1.29, 1.82) is 0 Å². The van der Waals surface area contributed by atoms with Gasteiger partial charge in [-0.15, -0.1) is 11.3 Å². The van der Waals surface area contributed by atoms with E-state index in [-0.39, 0.29) is 22.3 Å². The van der Waals surface area contributed by atoms with Gasteiger partial charge in [0.25, 0.3) is 5.69 Å². The zero-order chi connectivity index (χ0) is 13.1. The van der Waals surface area contributed by atoms with Crippen molar-refractivity contribution in [1.82, 2.24) is 4.98 Å². The minimum atomic E-state index is -0.648. The number of ether oxygens (including phenoxy) is 1. The quantitative estimate of drug-likeness (QED) is 0.392. The summed E-state index contributed by atoms with van der Waals surface area (Å²) in [4.78, 5) is 25.2. The third-order valence-electron chi connectivity index (χ3n) is 1.95. The maximum atomic E-state index is 11.6. The van der Waals surface area contributed by atoms with E-state index < -0.39 is 10.9 Å². The molecule has 0 aliphatic rings. The van der Waals surface area contributed by atoms with E-state index in [0.29, 0.717) is 0 Å². The molecular formula is C10H7N3O4S. The Morgan fingerprint density at radius 1 is 1.39 bits per heavy atom. The average molecular weight is 265 g/mol. The number of hydrogen-bond acceptors (Lipinski definition) is 7. The predicted octanol–water partition coefficient (Wildman–Crippen LogP) is 1.85.